The number of carboxylic acid groups (broad SMARTS) is 1. The number of carbonyl (C=O) groups excluding carboxylic acids is 3. The second kappa shape index (κ2) is 11.1. The van der Waals surface area contributed by atoms with E-state index in [9.17, 15) is 24.3 Å². The molecule has 1 aliphatic heterocycles. The Labute approximate surface area is 158 Å². The SMILES string of the molecule is CSCCC(NC=O)C(=O)NC(CC(C)C)C(=O)N1CCCC1C(=O)O. The molecule has 26 heavy (non-hydrogen) atoms. The molecule has 0 aromatic heterocycles. The average molecular weight is 388 g/mol. The first-order valence-corrected chi connectivity index (χ1v) is 10.2. The van der Waals surface area contributed by atoms with Gasteiger partial charge in [0, 0.05) is 6.54 Å². The lowest BCUT2D eigenvalue weighted by atomic mass is 10.0. The first kappa shape index (κ1) is 22.3. The van der Waals surface area contributed by atoms with Crippen LogP contribution in [0.3, 0.4) is 0 Å². The average Bonchev–Trinajstić information content (AvgIpc) is 3.06. The van der Waals surface area contributed by atoms with E-state index in [4.69, 9.17) is 0 Å². The van der Waals surface area contributed by atoms with Gasteiger partial charge >= 0.3 is 5.97 Å². The minimum absolute atomic E-state index is 0.138. The fourth-order valence-electron chi connectivity index (χ4n) is 3.06. The molecule has 8 nitrogen and oxygen atoms in total. The summed E-state index contributed by atoms with van der Waals surface area (Å²) in [6.45, 7) is 4.24. The summed E-state index contributed by atoms with van der Waals surface area (Å²) in [6, 6.07) is -2.35. The number of rotatable bonds is 11. The predicted molar refractivity (Wildman–Crippen MR) is 99.7 cm³/mol. The van der Waals surface area contributed by atoms with Crippen molar-refractivity contribution in [1.29, 1.82) is 0 Å². The molecule has 0 aromatic carbocycles. The predicted octanol–water partition coefficient (Wildman–Crippen LogP) is 0.461. The molecule has 0 bridgehead atoms. The van der Waals surface area contributed by atoms with Crippen molar-refractivity contribution in [2.75, 3.05) is 18.6 Å². The van der Waals surface area contributed by atoms with E-state index in [1.54, 1.807) is 11.8 Å². The minimum Gasteiger partial charge on any atom is -0.480 e. The van der Waals surface area contributed by atoms with Crippen LogP contribution in [0.25, 0.3) is 0 Å². The van der Waals surface area contributed by atoms with Gasteiger partial charge in [-0.25, -0.2) is 4.79 Å². The molecule has 0 radical (unpaired) electrons. The number of nitrogens with one attached hydrogen (secondary N) is 2. The van der Waals surface area contributed by atoms with E-state index in [-0.39, 0.29) is 11.8 Å². The van der Waals surface area contributed by atoms with Crippen molar-refractivity contribution >= 4 is 36.0 Å². The number of hydrogen-bond acceptors (Lipinski definition) is 5. The number of hydrogen-bond donors (Lipinski definition) is 3. The van der Waals surface area contributed by atoms with E-state index >= 15 is 0 Å². The number of carbonyl (C=O) groups is 4. The summed E-state index contributed by atoms with van der Waals surface area (Å²) in [5.74, 6) is -0.984. The molecule has 1 fully saturated rings. The monoisotopic (exact) mass is 387 g/mol. The molecule has 148 valence electrons. The normalized spacial score (nSPS) is 19.1. The number of nitrogens with zero attached hydrogens (tertiary/aromatic N) is 1. The van der Waals surface area contributed by atoms with Crippen LogP contribution >= 0.6 is 11.8 Å². The van der Waals surface area contributed by atoms with Crippen LogP contribution in [0.2, 0.25) is 0 Å². The third-order valence-electron chi connectivity index (χ3n) is 4.34. The van der Waals surface area contributed by atoms with Gasteiger partial charge in [0.05, 0.1) is 0 Å². The van der Waals surface area contributed by atoms with Gasteiger partial charge in [-0.1, -0.05) is 13.8 Å². The molecule has 1 aliphatic rings. The van der Waals surface area contributed by atoms with Crippen LogP contribution < -0.4 is 10.6 Å². The van der Waals surface area contributed by atoms with Crippen LogP contribution in [0.15, 0.2) is 0 Å². The molecular weight excluding hydrogens is 358 g/mol. The maximum absolute atomic E-state index is 12.9. The molecule has 1 rings (SSSR count). The van der Waals surface area contributed by atoms with Crippen LogP contribution in [0.1, 0.15) is 39.5 Å². The van der Waals surface area contributed by atoms with E-state index in [0.717, 1.165) is 0 Å². The van der Waals surface area contributed by atoms with Gasteiger partial charge in [0.2, 0.25) is 18.2 Å². The zero-order valence-corrected chi connectivity index (χ0v) is 16.4. The maximum atomic E-state index is 12.9. The number of likely N-dealkylation sites (tertiary alicyclic amines) is 1. The summed E-state index contributed by atoms with van der Waals surface area (Å²) >= 11 is 1.56. The molecule has 3 unspecified atom stereocenters. The zero-order chi connectivity index (χ0) is 19.7. The molecule has 0 aliphatic carbocycles. The summed E-state index contributed by atoms with van der Waals surface area (Å²) in [5, 5.41) is 14.5. The van der Waals surface area contributed by atoms with Gasteiger partial charge in [-0.3, -0.25) is 14.4 Å². The second-order valence-electron chi connectivity index (χ2n) is 6.84. The van der Waals surface area contributed by atoms with Gasteiger partial charge < -0.3 is 20.6 Å². The Morgan fingerprint density at radius 1 is 1.31 bits per heavy atom. The Hall–Kier alpha value is -1.77. The molecule has 3 N–H and O–H groups in total. The number of aliphatic carboxylic acids is 1. The third kappa shape index (κ3) is 6.51. The fraction of sp³-hybridized carbons (Fsp3) is 0.765. The number of carboxylic acids is 1. The summed E-state index contributed by atoms with van der Waals surface area (Å²) in [6.07, 6.45) is 4.30. The first-order valence-electron chi connectivity index (χ1n) is 8.84. The van der Waals surface area contributed by atoms with Crippen LogP contribution in [0, 0.1) is 5.92 Å². The molecule has 0 saturated carbocycles. The van der Waals surface area contributed by atoms with Crippen LogP contribution in [-0.2, 0) is 19.2 Å². The van der Waals surface area contributed by atoms with E-state index < -0.39 is 30.0 Å². The Bertz CT molecular complexity index is 515. The van der Waals surface area contributed by atoms with Crippen LogP contribution in [-0.4, -0.2) is 70.9 Å². The van der Waals surface area contributed by atoms with Gasteiger partial charge in [-0.05, 0) is 43.6 Å². The van der Waals surface area contributed by atoms with E-state index in [1.165, 1.54) is 4.90 Å². The first-order chi connectivity index (χ1) is 12.3. The highest BCUT2D eigenvalue weighted by Crippen LogP contribution is 2.20. The molecule has 1 saturated heterocycles. The molecule has 9 heteroatoms. The quantitative estimate of drug-likeness (QED) is 0.444. The Morgan fingerprint density at radius 3 is 2.54 bits per heavy atom. The van der Waals surface area contributed by atoms with Gasteiger partial charge in [-0.15, -0.1) is 0 Å². The van der Waals surface area contributed by atoms with E-state index in [0.29, 0.717) is 44.4 Å². The lowest BCUT2D eigenvalue weighted by Crippen LogP contribution is -2.55. The van der Waals surface area contributed by atoms with Crippen molar-refractivity contribution in [3.05, 3.63) is 0 Å². The molecule has 3 amide bonds. The smallest absolute Gasteiger partial charge is 0.326 e. The van der Waals surface area contributed by atoms with E-state index in [2.05, 4.69) is 10.6 Å². The summed E-state index contributed by atoms with van der Waals surface area (Å²) < 4.78 is 0. The highest BCUT2D eigenvalue weighted by Gasteiger charge is 2.38. The summed E-state index contributed by atoms with van der Waals surface area (Å²) in [5.41, 5.74) is 0. The van der Waals surface area contributed by atoms with E-state index in [1.807, 2.05) is 20.1 Å². The minimum atomic E-state index is -1.02. The van der Waals surface area contributed by atoms with Crippen LogP contribution in [0.5, 0.6) is 0 Å². The number of amides is 3. The highest BCUT2D eigenvalue weighted by atomic mass is 32.2. The summed E-state index contributed by atoms with van der Waals surface area (Å²) in [7, 11) is 0. The molecule has 1 heterocycles. The Balaban J connectivity index is 2.87. The van der Waals surface area contributed by atoms with Crippen molar-refractivity contribution < 1.29 is 24.3 Å². The molecule has 0 aromatic rings. The number of thioether (sulfide) groups is 1. The van der Waals surface area contributed by atoms with Crippen molar-refractivity contribution in [1.82, 2.24) is 15.5 Å². The molecule has 0 spiro atoms. The lowest BCUT2D eigenvalue weighted by molar-refractivity contribution is -0.149. The van der Waals surface area contributed by atoms with Crippen LogP contribution in [0.4, 0.5) is 0 Å². The Kier molecular flexibility index (Phi) is 9.47. The summed E-state index contributed by atoms with van der Waals surface area (Å²) in [4.78, 5) is 48.9. The van der Waals surface area contributed by atoms with Gasteiger partial charge in [0.1, 0.15) is 18.1 Å². The standard InChI is InChI=1S/C17H29N3O5S/c1-11(2)9-13(16(23)20-7-4-5-14(20)17(24)25)19-15(22)12(18-10-21)6-8-26-3/h10-14H,4-9H2,1-3H3,(H,18,21)(H,19,22)(H,24,25). The largest absolute Gasteiger partial charge is 0.480 e. The van der Waals surface area contributed by atoms with Gasteiger partial charge in [0.25, 0.3) is 0 Å². The maximum Gasteiger partial charge on any atom is 0.326 e. The molecule has 3 atom stereocenters. The van der Waals surface area contributed by atoms with Gasteiger partial charge in [-0.2, -0.15) is 11.8 Å². The fourth-order valence-corrected chi connectivity index (χ4v) is 3.53. The lowest BCUT2D eigenvalue weighted by Gasteiger charge is -2.29. The third-order valence-corrected chi connectivity index (χ3v) is 4.98. The van der Waals surface area contributed by atoms with Crippen molar-refractivity contribution in [3.8, 4) is 0 Å². The van der Waals surface area contributed by atoms with Crippen molar-refractivity contribution in [2.24, 2.45) is 5.92 Å². The van der Waals surface area contributed by atoms with Crippen molar-refractivity contribution in [2.45, 2.75) is 57.7 Å². The highest BCUT2D eigenvalue weighted by molar-refractivity contribution is 7.98. The second-order valence-corrected chi connectivity index (χ2v) is 7.82. The van der Waals surface area contributed by atoms with Gasteiger partial charge in [0.15, 0.2) is 0 Å². The zero-order valence-electron chi connectivity index (χ0n) is 15.6. The van der Waals surface area contributed by atoms with Crippen molar-refractivity contribution in [3.63, 3.8) is 0 Å². The molecular formula is C17H29N3O5S. The Morgan fingerprint density at radius 2 is 2.00 bits per heavy atom. The topological polar surface area (TPSA) is 116 Å².